The molecule has 1 N–H and O–H groups in total. The lowest BCUT2D eigenvalue weighted by atomic mass is 9.81. The largest absolute Gasteiger partial charge is 0.463 e. The maximum Gasteiger partial charge on any atom is 0.337 e. The highest BCUT2D eigenvalue weighted by molar-refractivity contribution is 9.10. The first kappa shape index (κ1) is 26.7. The first-order valence-electron chi connectivity index (χ1n) is 11.5. The van der Waals surface area contributed by atoms with E-state index in [1.807, 2.05) is 48.5 Å². The Morgan fingerprint density at radius 3 is 2.38 bits per heavy atom. The highest BCUT2D eigenvalue weighted by Gasteiger charge is 2.38. The number of nitrogens with one attached hydrogen (secondary N) is 1. The van der Waals surface area contributed by atoms with E-state index < -0.39 is 11.9 Å². The number of dihydropyridines is 1. The van der Waals surface area contributed by atoms with Gasteiger partial charge in [0, 0.05) is 15.1 Å². The third-order valence-electron chi connectivity index (χ3n) is 5.74. The molecule has 37 heavy (non-hydrogen) atoms. The van der Waals surface area contributed by atoms with Crippen LogP contribution in [0, 0.1) is 11.3 Å². The van der Waals surface area contributed by atoms with Gasteiger partial charge in [-0.1, -0.05) is 100.0 Å². The van der Waals surface area contributed by atoms with Crippen LogP contribution in [0.25, 0.3) is 5.70 Å². The Morgan fingerprint density at radius 2 is 1.73 bits per heavy atom. The van der Waals surface area contributed by atoms with Gasteiger partial charge in [-0.2, -0.15) is 5.26 Å². The van der Waals surface area contributed by atoms with Crippen LogP contribution in [0.2, 0.25) is 5.02 Å². The molecule has 0 amide bonds. The maximum atomic E-state index is 13.4. The van der Waals surface area contributed by atoms with Crippen molar-refractivity contribution in [2.75, 3.05) is 12.4 Å². The predicted octanol–water partition coefficient (Wildman–Crippen LogP) is 7.11. The number of hydrogen-bond donors (Lipinski definition) is 1. The van der Waals surface area contributed by atoms with Crippen LogP contribution in [0.1, 0.15) is 34.3 Å². The topological polar surface area (TPSA) is 79.2 Å². The smallest absolute Gasteiger partial charge is 0.337 e. The molecule has 1 aliphatic heterocycles. The van der Waals surface area contributed by atoms with Gasteiger partial charge in [0.1, 0.15) is 0 Å². The number of hydrogen-bond acceptors (Lipinski definition) is 6. The zero-order chi connectivity index (χ0) is 26.4. The number of esters is 1. The van der Waals surface area contributed by atoms with Gasteiger partial charge in [0.25, 0.3) is 0 Å². The number of benzene rings is 3. The molecule has 5 nitrogen and oxygen atoms in total. The molecule has 3 aromatic carbocycles. The number of halogens is 2. The highest BCUT2D eigenvalue weighted by atomic mass is 79.9. The Labute approximate surface area is 233 Å². The van der Waals surface area contributed by atoms with Crippen molar-refractivity contribution in [2.45, 2.75) is 12.8 Å². The lowest BCUT2D eigenvalue weighted by Crippen LogP contribution is -2.29. The van der Waals surface area contributed by atoms with E-state index in [4.69, 9.17) is 16.3 Å². The fourth-order valence-corrected chi connectivity index (χ4v) is 5.48. The molecule has 0 spiro atoms. The van der Waals surface area contributed by atoms with Gasteiger partial charge >= 0.3 is 5.97 Å². The maximum absolute atomic E-state index is 13.4. The van der Waals surface area contributed by atoms with Gasteiger partial charge in [0.15, 0.2) is 5.78 Å². The number of allylic oxidation sites excluding steroid dienone is 1. The van der Waals surface area contributed by atoms with E-state index >= 15 is 0 Å². The van der Waals surface area contributed by atoms with E-state index in [0.29, 0.717) is 38.0 Å². The summed E-state index contributed by atoms with van der Waals surface area (Å²) in [7, 11) is 0. The molecule has 0 unspecified atom stereocenters. The summed E-state index contributed by atoms with van der Waals surface area (Å²) in [5.74, 6) is -1.30. The summed E-state index contributed by atoms with van der Waals surface area (Å²) < 4.78 is 6.32. The highest BCUT2D eigenvalue weighted by Crippen LogP contribution is 2.45. The predicted molar refractivity (Wildman–Crippen MR) is 151 cm³/mol. The molecular weight excluding hydrogens is 572 g/mol. The molecule has 1 aliphatic rings. The average molecular weight is 594 g/mol. The van der Waals surface area contributed by atoms with Crippen molar-refractivity contribution in [3.8, 4) is 6.07 Å². The van der Waals surface area contributed by atoms with Gasteiger partial charge < -0.3 is 10.1 Å². The number of thioether (sulfide) groups is 1. The summed E-state index contributed by atoms with van der Waals surface area (Å²) in [4.78, 5) is 26.3. The molecule has 4 rings (SSSR count). The monoisotopic (exact) mass is 592 g/mol. The molecule has 0 saturated heterocycles. The number of ether oxygens (including phenoxy) is 1. The molecule has 1 heterocycles. The minimum absolute atomic E-state index is 0.0835. The Morgan fingerprint density at radius 1 is 1.05 bits per heavy atom. The molecule has 3 aromatic rings. The van der Waals surface area contributed by atoms with Crippen LogP contribution >= 0.6 is 39.3 Å². The summed E-state index contributed by atoms with van der Waals surface area (Å²) in [6.45, 7) is 1.91. The third-order valence-corrected chi connectivity index (χ3v) is 7.63. The second-order valence-electron chi connectivity index (χ2n) is 8.03. The third kappa shape index (κ3) is 5.99. The van der Waals surface area contributed by atoms with Crippen LogP contribution in [0.5, 0.6) is 0 Å². The SMILES string of the molecule is CCOC(=O)C1=C(c2ccccc2)NC(SCC(=O)c2ccc(Br)cc2)=C(C#N)[C@H]1c1ccccc1Cl. The van der Waals surface area contributed by atoms with Gasteiger partial charge in [-0.3, -0.25) is 4.79 Å². The van der Waals surface area contributed by atoms with Gasteiger partial charge in [-0.25, -0.2) is 4.79 Å². The summed E-state index contributed by atoms with van der Waals surface area (Å²) in [6, 6.07) is 25.9. The van der Waals surface area contributed by atoms with Crippen LogP contribution in [-0.4, -0.2) is 24.1 Å². The number of carbonyl (C=O) groups excluding carboxylic acids is 2. The average Bonchev–Trinajstić information content (AvgIpc) is 2.92. The van der Waals surface area contributed by atoms with Crippen molar-refractivity contribution in [1.82, 2.24) is 5.32 Å². The summed E-state index contributed by atoms with van der Waals surface area (Å²) in [5.41, 5.74) is 3.03. The number of rotatable bonds is 8. The van der Waals surface area contributed by atoms with Crippen molar-refractivity contribution in [2.24, 2.45) is 0 Å². The molecule has 0 fully saturated rings. The Kier molecular flexibility index (Phi) is 8.88. The normalized spacial score (nSPS) is 15.1. The molecule has 8 heteroatoms. The molecule has 186 valence electrons. The van der Waals surface area contributed by atoms with E-state index in [0.717, 1.165) is 10.0 Å². The van der Waals surface area contributed by atoms with Crippen LogP contribution in [0.4, 0.5) is 0 Å². The number of nitrogens with zero attached hydrogens (tertiary/aromatic N) is 1. The number of Topliss-reactive ketones (excluding diaryl/α,β-unsaturated/α-hetero) is 1. The lowest BCUT2D eigenvalue weighted by molar-refractivity contribution is -0.138. The van der Waals surface area contributed by atoms with E-state index in [-0.39, 0.29) is 18.1 Å². The Bertz CT molecular complexity index is 1430. The fraction of sp³-hybridized carbons (Fsp3) is 0.138. The van der Waals surface area contributed by atoms with Gasteiger partial charge in [0.05, 0.1) is 46.2 Å². The lowest BCUT2D eigenvalue weighted by Gasteiger charge is -2.31. The van der Waals surface area contributed by atoms with E-state index in [1.165, 1.54) is 11.8 Å². The second-order valence-corrected chi connectivity index (χ2v) is 10.3. The molecule has 0 aromatic heterocycles. The fourth-order valence-electron chi connectivity index (χ4n) is 4.04. The minimum atomic E-state index is -0.778. The molecule has 1 atom stereocenters. The number of nitriles is 1. The Hall–Kier alpha value is -3.31. The van der Waals surface area contributed by atoms with Gasteiger partial charge in [-0.15, -0.1) is 0 Å². The van der Waals surface area contributed by atoms with E-state index in [1.54, 1.807) is 37.3 Å². The Balaban J connectivity index is 1.83. The summed E-state index contributed by atoms with van der Waals surface area (Å²) in [5, 5.41) is 14.5. The molecule has 0 bridgehead atoms. The van der Waals surface area contributed by atoms with Crippen LogP contribution in [0.15, 0.2) is 99.5 Å². The number of ketones is 1. The van der Waals surface area contributed by atoms with Crippen LogP contribution in [0.3, 0.4) is 0 Å². The van der Waals surface area contributed by atoms with Crippen LogP contribution in [-0.2, 0) is 9.53 Å². The van der Waals surface area contributed by atoms with Crippen molar-refractivity contribution in [3.63, 3.8) is 0 Å². The molecule has 0 saturated carbocycles. The minimum Gasteiger partial charge on any atom is -0.463 e. The number of carbonyl (C=O) groups is 2. The first-order valence-corrected chi connectivity index (χ1v) is 13.6. The standard InChI is InChI=1S/C29H22BrClN2O3S/c1-2-36-29(35)26-25(21-10-6-7-11-23(21)31)22(16-32)28(33-27(26)19-8-4-3-5-9-19)37-17-24(34)18-12-14-20(30)15-13-18/h3-15,25,33H,2,17H2,1H3/t25-/m1/s1. The van der Waals surface area contributed by atoms with E-state index in [2.05, 4.69) is 27.3 Å². The molecule has 0 radical (unpaired) electrons. The van der Waals surface area contributed by atoms with Crippen molar-refractivity contribution in [3.05, 3.63) is 121 Å². The summed E-state index contributed by atoms with van der Waals surface area (Å²) >= 11 is 11.2. The summed E-state index contributed by atoms with van der Waals surface area (Å²) in [6.07, 6.45) is 0. The van der Waals surface area contributed by atoms with E-state index in [9.17, 15) is 14.9 Å². The van der Waals surface area contributed by atoms with Gasteiger partial charge in [-0.05, 0) is 36.2 Å². The zero-order valence-corrected chi connectivity index (χ0v) is 23.0. The quantitative estimate of drug-likeness (QED) is 0.221. The van der Waals surface area contributed by atoms with Crippen LogP contribution < -0.4 is 5.32 Å². The zero-order valence-electron chi connectivity index (χ0n) is 19.8. The molecular formula is C29H22BrClN2O3S. The first-order chi connectivity index (χ1) is 17.9. The van der Waals surface area contributed by atoms with Crippen molar-refractivity contribution in [1.29, 1.82) is 5.26 Å². The van der Waals surface area contributed by atoms with Crippen molar-refractivity contribution < 1.29 is 14.3 Å². The molecule has 0 aliphatic carbocycles. The van der Waals surface area contributed by atoms with Gasteiger partial charge in [0.2, 0.25) is 0 Å². The van der Waals surface area contributed by atoms with Crippen molar-refractivity contribution >= 4 is 56.7 Å². The second kappa shape index (κ2) is 12.3.